The molecule has 0 aliphatic rings. The molecule has 0 radical (unpaired) electrons. The number of aromatic amines is 1. The molecule has 4 rings (SSSR count). The molecule has 150 valence electrons. The van der Waals surface area contributed by atoms with Crippen LogP contribution in [0.25, 0.3) is 11.0 Å². The maximum absolute atomic E-state index is 12.2. The number of anilines is 2. The van der Waals surface area contributed by atoms with Gasteiger partial charge in [-0.25, -0.2) is 9.78 Å². The third-order valence-corrected chi connectivity index (χ3v) is 5.13. The van der Waals surface area contributed by atoms with E-state index in [0.29, 0.717) is 17.2 Å². The quantitative estimate of drug-likeness (QED) is 0.438. The van der Waals surface area contributed by atoms with Crippen LogP contribution in [-0.4, -0.2) is 34.1 Å². The minimum Gasteiger partial charge on any atom is -0.453 e. The van der Waals surface area contributed by atoms with Gasteiger partial charge in [0.2, 0.25) is 5.95 Å². The highest BCUT2D eigenvalue weighted by Gasteiger charge is 2.09. The van der Waals surface area contributed by atoms with Crippen molar-refractivity contribution in [3.05, 3.63) is 72.6 Å². The number of hydrogen-bond donors (Lipinski definition) is 3. The molecule has 0 bridgehead atoms. The first-order valence-corrected chi connectivity index (χ1v) is 9.76. The van der Waals surface area contributed by atoms with Gasteiger partial charge in [-0.3, -0.25) is 15.1 Å². The number of ether oxygens (including phenoxy) is 1. The number of rotatable bonds is 5. The average molecular weight is 419 g/mol. The normalized spacial score (nSPS) is 10.6. The number of nitrogens with zero attached hydrogens (tertiary/aromatic N) is 2. The van der Waals surface area contributed by atoms with Gasteiger partial charge < -0.3 is 15.0 Å². The summed E-state index contributed by atoms with van der Waals surface area (Å²) >= 11 is 1.57. The molecule has 0 fully saturated rings. The maximum Gasteiger partial charge on any atom is 0.413 e. The minimum absolute atomic E-state index is 0.204. The highest BCUT2D eigenvalue weighted by atomic mass is 32.2. The molecule has 2 heterocycles. The zero-order valence-corrected chi connectivity index (χ0v) is 16.7. The van der Waals surface area contributed by atoms with E-state index >= 15 is 0 Å². The number of amides is 2. The summed E-state index contributed by atoms with van der Waals surface area (Å²) in [6.07, 6.45) is 2.57. The lowest BCUT2D eigenvalue weighted by atomic mass is 10.2. The van der Waals surface area contributed by atoms with Crippen molar-refractivity contribution < 1.29 is 14.3 Å². The number of pyridine rings is 1. The van der Waals surface area contributed by atoms with Crippen molar-refractivity contribution in [1.82, 2.24) is 15.0 Å². The van der Waals surface area contributed by atoms with E-state index in [4.69, 9.17) is 0 Å². The van der Waals surface area contributed by atoms with Crippen molar-refractivity contribution >= 4 is 46.4 Å². The minimum atomic E-state index is -0.584. The van der Waals surface area contributed by atoms with E-state index in [0.717, 1.165) is 20.8 Å². The number of H-pyrrole nitrogens is 1. The van der Waals surface area contributed by atoms with E-state index in [1.54, 1.807) is 30.1 Å². The monoisotopic (exact) mass is 419 g/mol. The predicted molar refractivity (Wildman–Crippen MR) is 115 cm³/mol. The fourth-order valence-corrected chi connectivity index (χ4v) is 3.56. The smallest absolute Gasteiger partial charge is 0.413 e. The van der Waals surface area contributed by atoms with Gasteiger partial charge in [0, 0.05) is 27.9 Å². The van der Waals surface area contributed by atoms with Gasteiger partial charge in [0.25, 0.3) is 5.91 Å². The second-order valence-corrected chi connectivity index (χ2v) is 7.35. The largest absolute Gasteiger partial charge is 0.453 e. The van der Waals surface area contributed by atoms with E-state index in [2.05, 4.69) is 30.3 Å². The molecule has 9 heteroatoms. The second-order valence-electron chi connectivity index (χ2n) is 6.20. The number of nitrogens with one attached hydrogen (secondary N) is 3. The second kappa shape index (κ2) is 8.66. The van der Waals surface area contributed by atoms with Crippen LogP contribution in [0.3, 0.4) is 0 Å². The number of fused-ring (bicyclic) bond motifs is 1. The standard InChI is InChI=1S/C21H17N5O3S/c1-29-21(28)26-20-24-17-9-8-16(11-18(17)25-20)30-15-6-4-14(5-7-15)23-19(27)13-3-2-10-22-12-13/h2-12H,1H3,(H,23,27)(H2,24,25,26,28). The van der Waals surface area contributed by atoms with Crippen LogP contribution in [0, 0.1) is 0 Å². The summed E-state index contributed by atoms with van der Waals surface area (Å²) in [5.74, 6) is 0.122. The highest BCUT2D eigenvalue weighted by Crippen LogP contribution is 2.30. The van der Waals surface area contributed by atoms with Gasteiger partial charge in [-0.2, -0.15) is 0 Å². The summed E-state index contributed by atoms with van der Waals surface area (Å²) in [6.45, 7) is 0. The number of hydrogen-bond acceptors (Lipinski definition) is 6. The molecule has 0 atom stereocenters. The van der Waals surface area contributed by atoms with Gasteiger partial charge in [0.05, 0.1) is 23.7 Å². The van der Waals surface area contributed by atoms with Gasteiger partial charge in [0.15, 0.2) is 0 Å². The Morgan fingerprint density at radius 1 is 1.03 bits per heavy atom. The Hall–Kier alpha value is -3.85. The summed E-state index contributed by atoms with van der Waals surface area (Å²) in [5.41, 5.74) is 2.74. The molecule has 0 aliphatic heterocycles. The van der Waals surface area contributed by atoms with Crippen LogP contribution in [0.5, 0.6) is 0 Å². The maximum atomic E-state index is 12.2. The van der Waals surface area contributed by atoms with Crippen molar-refractivity contribution in [1.29, 1.82) is 0 Å². The Morgan fingerprint density at radius 2 is 1.83 bits per heavy atom. The van der Waals surface area contributed by atoms with E-state index < -0.39 is 6.09 Å². The first kappa shape index (κ1) is 19.5. The molecule has 4 aromatic rings. The molecule has 0 saturated carbocycles. The van der Waals surface area contributed by atoms with E-state index in [1.165, 1.54) is 13.3 Å². The van der Waals surface area contributed by atoms with Crippen molar-refractivity contribution in [2.75, 3.05) is 17.7 Å². The highest BCUT2D eigenvalue weighted by molar-refractivity contribution is 7.99. The molecule has 8 nitrogen and oxygen atoms in total. The molecular weight excluding hydrogens is 402 g/mol. The molecule has 2 aromatic carbocycles. The summed E-state index contributed by atoms with van der Waals surface area (Å²) in [6, 6.07) is 16.8. The topological polar surface area (TPSA) is 109 Å². The third-order valence-electron chi connectivity index (χ3n) is 4.13. The Labute approximate surface area is 176 Å². The summed E-state index contributed by atoms with van der Waals surface area (Å²) in [7, 11) is 1.29. The number of carbonyl (C=O) groups excluding carboxylic acids is 2. The third kappa shape index (κ3) is 4.58. The van der Waals surface area contributed by atoms with Crippen molar-refractivity contribution in [3.8, 4) is 0 Å². The molecule has 2 aromatic heterocycles. The molecule has 30 heavy (non-hydrogen) atoms. The lowest BCUT2D eigenvalue weighted by Gasteiger charge is -2.06. The zero-order chi connectivity index (χ0) is 20.9. The first-order valence-electron chi connectivity index (χ1n) is 8.95. The van der Waals surface area contributed by atoms with Crippen LogP contribution in [0.4, 0.5) is 16.4 Å². The van der Waals surface area contributed by atoms with Crippen LogP contribution < -0.4 is 10.6 Å². The number of aromatic nitrogens is 3. The Balaban J connectivity index is 1.43. The molecular formula is C21H17N5O3S. The van der Waals surface area contributed by atoms with Gasteiger partial charge in [-0.15, -0.1) is 0 Å². The van der Waals surface area contributed by atoms with Gasteiger partial charge in [0.1, 0.15) is 0 Å². The number of benzene rings is 2. The summed E-state index contributed by atoms with van der Waals surface area (Å²) in [5, 5.41) is 5.36. The van der Waals surface area contributed by atoms with Gasteiger partial charge in [-0.1, -0.05) is 11.8 Å². The average Bonchev–Trinajstić information content (AvgIpc) is 3.17. The van der Waals surface area contributed by atoms with Crippen molar-refractivity contribution in [2.45, 2.75) is 9.79 Å². The Kier molecular flexibility index (Phi) is 5.62. The molecule has 0 spiro atoms. The molecule has 0 aliphatic carbocycles. The molecule has 0 saturated heterocycles. The lowest BCUT2D eigenvalue weighted by molar-refractivity contribution is 0.102. The molecule has 3 N–H and O–H groups in total. The summed E-state index contributed by atoms with van der Waals surface area (Å²) in [4.78, 5) is 36.8. The lowest BCUT2D eigenvalue weighted by Crippen LogP contribution is -2.11. The van der Waals surface area contributed by atoms with Gasteiger partial charge >= 0.3 is 6.09 Å². The van der Waals surface area contributed by atoms with Crippen LogP contribution in [0.1, 0.15) is 10.4 Å². The van der Waals surface area contributed by atoms with Crippen molar-refractivity contribution in [2.24, 2.45) is 0 Å². The van der Waals surface area contributed by atoms with E-state index in [-0.39, 0.29) is 5.91 Å². The Bertz CT molecular complexity index is 1190. The van der Waals surface area contributed by atoms with Crippen LogP contribution in [0.2, 0.25) is 0 Å². The molecule has 2 amide bonds. The zero-order valence-electron chi connectivity index (χ0n) is 15.9. The van der Waals surface area contributed by atoms with E-state index in [9.17, 15) is 9.59 Å². The van der Waals surface area contributed by atoms with Crippen LogP contribution >= 0.6 is 11.8 Å². The van der Waals surface area contributed by atoms with Crippen molar-refractivity contribution in [3.63, 3.8) is 0 Å². The summed E-state index contributed by atoms with van der Waals surface area (Å²) < 4.78 is 4.57. The Morgan fingerprint density at radius 3 is 2.57 bits per heavy atom. The predicted octanol–water partition coefficient (Wildman–Crippen LogP) is 4.54. The van der Waals surface area contributed by atoms with Crippen LogP contribution in [-0.2, 0) is 4.74 Å². The van der Waals surface area contributed by atoms with Crippen LogP contribution in [0.15, 0.2) is 76.8 Å². The number of methoxy groups -OCH3 is 1. The first-order chi connectivity index (χ1) is 14.6. The SMILES string of the molecule is COC(=O)Nc1nc2ccc(Sc3ccc(NC(=O)c4cccnc4)cc3)cc2[nH]1. The fraction of sp³-hybridized carbons (Fsp3) is 0.0476. The molecule has 0 unspecified atom stereocenters. The van der Waals surface area contributed by atoms with E-state index in [1.807, 2.05) is 42.5 Å². The van der Waals surface area contributed by atoms with Gasteiger partial charge in [-0.05, 0) is 54.6 Å². The fourth-order valence-electron chi connectivity index (χ4n) is 2.70. The number of imidazole rings is 1. The number of carbonyl (C=O) groups is 2.